The Bertz CT molecular complexity index is 1130. The third kappa shape index (κ3) is 4.60. The highest BCUT2D eigenvalue weighted by atomic mass is 19.3. The lowest BCUT2D eigenvalue weighted by molar-refractivity contribution is -0.0916. The number of nitrogens with one attached hydrogen (secondary N) is 2. The SMILES string of the molecule is CNC(O)c1cc2nc(C3COCCO3)cn2cc1NC(=O)c1cccc(C(C)(F)F)n1. The summed E-state index contributed by atoms with van der Waals surface area (Å²) in [5.41, 5.74) is 1.12. The summed E-state index contributed by atoms with van der Waals surface area (Å²) in [5, 5.41) is 15.8. The van der Waals surface area contributed by atoms with Crippen LogP contribution in [0, 0.1) is 0 Å². The Kier molecular flexibility index (Phi) is 6.15. The van der Waals surface area contributed by atoms with Crippen LogP contribution < -0.4 is 10.6 Å². The number of anilines is 1. The Balaban J connectivity index is 1.68. The van der Waals surface area contributed by atoms with Gasteiger partial charge in [0.2, 0.25) is 0 Å². The maximum Gasteiger partial charge on any atom is 0.287 e. The van der Waals surface area contributed by atoms with E-state index in [0.29, 0.717) is 43.6 Å². The molecule has 3 N–H and O–H groups in total. The third-order valence-corrected chi connectivity index (χ3v) is 5.04. The monoisotopic (exact) mass is 447 g/mol. The van der Waals surface area contributed by atoms with Gasteiger partial charge in [-0.05, 0) is 25.2 Å². The zero-order valence-electron chi connectivity index (χ0n) is 17.5. The first-order valence-corrected chi connectivity index (χ1v) is 10.00. The van der Waals surface area contributed by atoms with E-state index in [1.165, 1.54) is 12.1 Å². The van der Waals surface area contributed by atoms with Crippen LogP contribution in [-0.2, 0) is 15.4 Å². The van der Waals surface area contributed by atoms with E-state index in [2.05, 4.69) is 20.6 Å². The fourth-order valence-corrected chi connectivity index (χ4v) is 3.36. The topological polar surface area (TPSA) is 110 Å². The number of halogens is 2. The minimum Gasteiger partial charge on any atom is -0.376 e. The number of aliphatic hydroxyl groups is 1. The molecule has 4 rings (SSSR count). The number of aliphatic hydroxyl groups excluding tert-OH is 1. The number of aromatic nitrogens is 3. The van der Waals surface area contributed by atoms with Gasteiger partial charge in [-0.3, -0.25) is 10.1 Å². The van der Waals surface area contributed by atoms with Gasteiger partial charge in [-0.15, -0.1) is 0 Å². The van der Waals surface area contributed by atoms with E-state index in [0.717, 1.165) is 6.07 Å². The first-order chi connectivity index (χ1) is 15.3. The number of amides is 1. The maximum atomic E-state index is 13.6. The second kappa shape index (κ2) is 8.87. The van der Waals surface area contributed by atoms with Gasteiger partial charge < -0.3 is 24.3 Å². The first-order valence-electron chi connectivity index (χ1n) is 10.00. The number of hydrogen-bond donors (Lipinski definition) is 3. The molecule has 3 aromatic rings. The van der Waals surface area contributed by atoms with Crippen LogP contribution in [0.25, 0.3) is 5.65 Å². The summed E-state index contributed by atoms with van der Waals surface area (Å²) in [4.78, 5) is 21.1. The fraction of sp³-hybridized carbons (Fsp3) is 0.381. The summed E-state index contributed by atoms with van der Waals surface area (Å²) in [6, 6.07) is 5.46. The molecule has 32 heavy (non-hydrogen) atoms. The van der Waals surface area contributed by atoms with Gasteiger partial charge in [-0.1, -0.05) is 6.07 Å². The van der Waals surface area contributed by atoms with Gasteiger partial charge in [0.25, 0.3) is 11.8 Å². The average molecular weight is 447 g/mol. The molecule has 4 heterocycles. The molecule has 1 amide bonds. The minimum absolute atomic E-state index is 0.173. The fourth-order valence-electron chi connectivity index (χ4n) is 3.36. The Morgan fingerprint density at radius 1 is 1.31 bits per heavy atom. The molecule has 0 spiro atoms. The van der Waals surface area contributed by atoms with Crippen LogP contribution in [0.3, 0.4) is 0 Å². The van der Waals surface area contributed by atoms with Gasteiger partial charge in [0, 0.05) is 24.9 Å². The lowest BCUT2D eigenvalue weighted by atomic mass is 10.1. The highest BCUT2D eigenvalue weighted by Gasteiger charge is 2.27. The number of hydrogen-bond acceptors (Lipinski definition) is 7. The highest BCUT2D eigenvalue weighted by molar-refractivity contribution is 6.03. The summed E-state index contributed by atoms with van der Waals surface area (Å²) in [6.45, 7) is 2.08. The van der Waals surface area contributed by atoms with Crippen LogP contribution in [0.1, 0.15) is 46.7 Å². The molecule has 0 bridgehead atoms. The Labute approximate surface area is 182 Å². The van der Waals surface area contributed by atoms with Crippen molar-refractivity contribution in [3.8, 4) is 0 Å². The van der Waals surface area contributed by atoms with E-state index in [9.17, 15) is 18.7 Å². The molecule has 1 saturated heterocycles. The van der Waals surface area contributed by atoms with Crippen LogP contribution in [0.5, 0.6) is 0 Å². The van der Waals surface area contributed by atoms with Crippen molar-refractivity contribution in [3.63, 3.8) is 0 Å². The Morgan fingerprint density at radius 2 is 2.12 bits per heavy atom. The van der Waals surface area contributed by atoms with Gasteiger partial charge in [0.1, 0.15) is 29.4 Å². The molecule has 11 heteroatoms. The van der Waals surface area contributed by atoms with Gasteiger partial charge >= 0.3 is 0 Å². The maximum absolute atomic E-state index is 13.6. The summed E-state index contributed by atoms with van der Waals surface area (Å²) in [6.07, 6.45) is 1.91. The molecule has 0 aromatic carbocycles. The predicted octanol–water partition coefficient (Wildman–Crippen LogP) is 2.39. The van der Waals surface area contributed by atoms with Crippen molar-refractivity contribution >= 4 is 17.2 Å². The van der Waals surface area contributed by atoms with Gasteiger partial charge in [-0.2, -0.15) is 8.78 Å². The molecule has 0 aliphatic carbocycles. The molecule has 2 unspecified atom stereocenters. The number of carbonyl (C=O) groups is 1. The van der Waals surface area contributed by atoms with E-state index in [1.807, 2.05) is 0 Å². The van der Waals surface area contributed by atoms with Crippen molar-refractivity contribution in [2.24, 2.45) is 0 Å². The number of ether oxygens (including phenoxy) is 2. The molecule has 1 aliphatic heterocycles. The quantitative estimate of drug-likeness (QED) is 0.498. The first kappa shape index (κ1) is 22.2. The Hall–Kier alpha value is -2.99. The van der Waals surface area contributed by atoms with Crippen molar-refractivity contribution < 1.29 is 28.2 Å². The molecule has 0 radical (unpaired) electrons. The highest BCUT2D eigenvalue weighted by Crippen LogP contribution is 2.28. The van der Waals surface area contributed by atoms with Crippen LogP contribution in [0.15, 0.2) is 36.7 Å². The van der Waals surface area contributed by atoms with Gasteiger partial charge in [0.05, 0.1) is 31.2 Å². The largest absolute Gasteiger partial charge is 0.376 e. The summed E-state index contributed by atoms with van der Waals surface area (Å²) >= 11 is 0. The molecular formula is C21H23F2N5O4. The summed E-state index contributed by atoms with van der Waals surface area (Å²) < 4.78 is 40.0. The molecular weight excluding hydrogens is 424 g/mol. The molecule has 0 saturated carbocycles. The molecule has 9 nitrogen and oxygen atoms in total. The smallest absolute Gasteiger partial charge is 0.287 e. The van der Waals surface area contributed by atoms with Crippen molar-refractivity contribution in [2.75, 3.05) is 32.2 Å². The van der Waals surface area contributed by atoms with Crippen molar-refractivity contribution in [1.29, 1.82) is 0 Å². The summed E-state index contributed by atoms with van der Waals surface area (Å²) in [7, 11) is 1.55. The number of imidazole rings is 1. The van der Waals surface area contributed by atoms with Crippen LogP contribution >= 0.6 is 0 Å². The van der Waals surface area contributed by atoms with E-state index in [-0.39, 0.29) is 17.5 Å². The second-order valence-electron chi connectivity index (χ2n) is 7.45. The lowest BCUT2D eigenvalue weighted by Crippen LogP contribution is -2.22. The summed E-state index contributed by atoms with van der Waals surface area (Å²) in [5.74, 6) is -3.87. The molecule has 1 fully saturated rings. The van der Waals surface area contributed by atoms with E-state index >= 15 is 0 Å². The predicted molar refractivity (Wildman–Crippen MR) is 110 cm³/mol. The Morgan fingerprint density at radius 3 is 2.81 bits per heavy atom. The number of alkyl halides is 2. The zero-order chi connectivity index (χ0) is 22.9. The minimum atomic E-state index is -3.18. The number of fused-ring (bicyclic) bond motifs is 1. The second-order valence-corrected chi connectivity index (χ2v) is 7.45. The lowest BCUT2D eigenvalue weighted by Gasteiger charge is -2.20. The molecule has 170 valence electrons. The van der Waals surface area contributed by atoms with Crippen molar-refractivity contribution in [2.45, 2.75) is 25.2 Å². The number of rotatable bonds is 6. The van der Waals surface area contributed by atoms with E-state index in [4.69, 9.17) is 9.47 Å². The zero-order valence-corrected chi connectivity index (χ0v) is 17.5. The van der Waals surface area contributed by atoms with Crippen LogP contribution in [0.4, 0.5) is 14.5 Å². The number of carbonyl (C=O) groups excluding carboxylic acids is 1. The van der Waals surface area contributed by atoms with Crippen molar-refractivity contribution in [3.05, 3.63) is 59.3 Å². The van der Waals surface area contributed by atoms with Crippen LogP contribution in [0.2, 0.25) is 0 Å². The van der Waals surface area contributed by atoms with Crippen molar-refractivity contribution in [1.82, 2.24) is 19.7 Å². The number of pyridine rings is 2. The van der Waals surface area contributed by atoms with E-state index in [1.54, 1.807) is 29.9 Å². The normalized spacial score (nSPS) is 18.0. The number of nitrogens with zero attached hydrogens (tertiary/aromatic N) is 3. The molecule has 1 aliphatic rings. The van der Waals surface area contributed by atoms with Crippen LogP contribution in [-0.4, -0.2) is 52.3 Å². The molecule has 3 aromatic heterocycles. The van der Waals surface area contributed by atoms with Gasteiger partial charge in [0.15, 0.2) is 0 Å². The average Bonchev–Trinajstić information content (AvgIpc) is 3.21. The standard InChI is InChI=1S/C21H23F2N5O4/c1-21(22,23)17-5-3-4-13(25-17)20(30)27-14-9-28-10-15(16-11-31-6-7-32-16)26-18(28)8-12(14)19(29)24-2/h3-5,8-10,16,19,24,29H,6-7,11H2,1-2H3,(H,27,30). The molecule has 2 atom stereocenters. The third-order valence-electron chi connectivity index (χ3n) is 5.04. The van der Waals surface area contributed by atoms with E-state index < -0.39 is 23.8 Å². The van der Waals surface area contributed by atoms with Gasteiger partial charge in [-0.25, -0.2) is 9.97 Å².